The quantitative estimate of drug-likeness (QED) is 0.0709. The van der Waals surface area contributed by atoms with Crippen molar-refractivity contribution in [1.82, 2.24) is 29.9 Å². The van der Waals surface area contributed by atoms with E-state index in [2.05, 4.69) is 58.3 Å². The largest absolute Gasteiger partial charge is 0.482 e. The minimum Gasteiger partial charge on any atom is -0.482 e. The third kappa shape index (κ3) is 12.4. The molecule has 14 heteroatoms. The second-order valence-electron chi connectivity index (χ2n) is 16.3. The smallest absolute Gasteiger partial charge is 0.258 e. The van der Waals surface area contributed by atoms with Gasteiger partial charge < -0.3 is 15.4 Å². The van der Waals surface area contributed by atoms with Crippen molar-refractivity contribution in [3.8, 4) is 5.75 Å². The van der Waals surface area contributed by atoms with Gasteiger partial charge in [-0.1, -0.05) is 130 Å². The lowest BCUT2D eigenvalue weighted by Crippen LogP contribution is -2.57. The number of hydrogen-bond donors (Lipinski definition) is 4. The normalized spacial score (nSPS) is 13.3. The van der Waals surface area contributed by atoms with Crippen molar-refractivity contribution in [3.05, 3.63) is 40.8 Å². The number of anilines is 1. The summed E-state index contributed by atoms with van der Waals surface area (Å²) in [5, 5.41) is 18.5. The van der Waals surface area contributed by atoms with Crippen molar-refractivity contribution in [2.24, 2.45) is 5.92 Å². The van der Waals surface area contributed by atoms with Crippen molar-refractivity contribution >= 4 is 44.8 Å². The van der Waals surface area contributed by atoms with Crippen LogP contribution in [0.15, 0.2) is 24.3 Å². The van der Waals surface area contributed by atoms with E-state index >= 15 is 0 Å². The van der Waals surface area contributed by atoms with Crippen molar-refractivity contribution in [3.63, 3.8) is 0 Å². The van der Waals surface area contributed by atoms with Crippen molar-refractivity contribution in [2.45, 2.75) is 149 Å². The molecule has 0 spiro atoms. The van der Waals surface area contributed by atoms with Crippen LogP contribution in [0.2, 0.25) is 5.02 Å². The minimum absolute atomic E-state index is 0.242. The van der Waals surface area contributed by atoms with Gasteiger partial charge in [-0.05, 0) is 38.8 Å². The highest BCUT2D eigenvalue weighted by Gasteiger charge is 2.44. The highest BCUT2D eigenvalue weighted by atomic mass is 35.5. The Labute approximate surface area is 322 Å². The maximum atomic E-state index is 13.3. The number of para-hydroxylation sites is 2. The maximum Gasteiger partial charge on any atom is 0.258 e. The molecule has 4 N–H and O–H groups in total. The fraction of sp³-hybridized carbons (Fsp3) is 0.692. The van der Waals surface area contributed by atoms with Gasteiger partial charge in [0.25, 0.3) is 5.91 Å². The second kappa shape index (κ2) is 19.4. The Bertz CT molecular complexity index is 1740. The number of aromatic amines is 1. The number of amides is 2. The fourth-order valence-electron chi connectivity index (χ4n) is 6.14. The van der Waals surface area contributed by atoms with Crippen LogP contribution in [0.4, 0.5) is 5.69 Å². The fourth-order valence-corrected chi connectivity index (χ4v) is 8.08. The number of unbranched alkanes of at least 4 members (excludes halogenated alkanes) is 9. The van der Waals surface area contributed by atoms with Gasteiger partial charge in [0.1, 0.15) is 10.8 Å². The van der Waals surface area contributed by atoms with E-state index in [1.165, 1.54) is 44.9 Å². The van der Waals surface area contributed by atoms with Crippen LogP contribution in [0.25, 0.3) is 5.65 Å². The molecule has 298 valence electrons. The lowest BCUT2D eigenvalue weighted by atomic mass is 9.73. The zero-order valence-electron chi connectivity index (χ0n) is 33.5. The van der Waals surface area contributed by atoms with Gasteiger partial charge in [0.05, 0.1) is 23.1 Å². The van der Waals surface area contributed by atoms with E-state index in [4.69, 9.17) is 16.3 Å². The molecule has 0 aliphatic carbocycles. The Morgan fingerprint density at radius 2 is 1.51 bits per heavy atom. The maximum absolute atomic E-state index is 13.3. The van der Waals surface area contributed by atoms with Crippen molar-refractivity contribution in [2.75, 3.05) is 24.2 Å². The van der Waals surface area contributed by atoms with Crippen LogP contribution in [-0.2, 0) is 30.4 Å². The van der Waals surface area contributed by atoms with Crippen molar-refractivity contribution < 1.29 is 22.7 Å². The van der Waals surface area contributed by atoms with E-state index in [1.54, 1.807) is 35.7 Å². The molecule has 2 aromatic heterocycles. The third-order valence-corrected chi connectivity index (χ3v) is 12.1. The first kappa shape index (κ1) is 44.2. The molecule has 1 atom stereocenters. The SMILES string of the molecule is CCCCCCCCCCCCNS(=O)(=O)CC(CC)C(=O)Nc1ccccc1OCC(=O)NC(C)(C)C(C)(C)c1nnc2c(Cl)c(C(C)(C)C)[nH]n12. The summed E-state index contributed by atoms with van der Waals surface area (Å²) in [5.41, 5.74) is -0.0605. The van der Waals surface area contributed by atoms with Crippen LogP contribution in [-0.4, -0.2) is 64.5 Å². The summed E-state index contributed by atoms with van der Waals surface area (Å²) in [6.07, 6.45) is 12.1. The highest BCUT2D eigenvalue weighted by molar-refractivity contribution is 7.89. The molecule has 3 rings (SSSR count). The first-order valence-electron chi connectivity index (χ1n) is 19.3. The van der Waals surface area contributed by atoms with E-state index in [-0.39, 0.29) is 23.7 Å². The molecule has 0 aliphatic rings. The van der Waals surface area contributed by atoms with Crippen LogP contribution in [0.5, 0.6) is 5.75 Å². The standard InChI is InChI=1S/C39H64ClN7O5S/c1-10-12-13-14-15-16-17-18-19-22-25-41-53(50,51)27-28(11-2)35(49)42-29-23-20-21-24-30(29)52-26-31(48)43-39(8,9)38(6,7)36-45-44-34-32(40)33(37(3,4)5)46-47(34)36/h20-21,23-24,28,41,46H,10-19,22,25-27H2,1-9H3,(H,42,49)(H,43,48). The number of carbonyl (C=O) groups excluding carboxylic acids is 2. The monoisotopic (exact) mass is 777 g/mol. The number of hydrogen-bond acceptors (Lipinski definition) is 7. The topological polar surface area (TPSA) is 160 Å². The lowest BCUT2D eigenvalue weighted by molar-refractivity contribution is -0.125. The predicted octanol–water partition coefficient (Wildman–Crippen LogP) is 8.06. The second-order valence-corrected chi connectivity index (χ2v) is 18.5. The Morgan fingerprint density at radius 1 is 0.906 bits per heavy atom. The summed E-state index contributed by atoms with van der Waals surface area (Å²) in [6, 6.07) is 6.78. The summed E-state index contributed by atoms with van der Waals surface area (Å²) < 4.78 is 36.1. The molecule has 0 radical (unpaired) electrons. The molecule has 2 heterocycles. The number of benzene rings is 1. The van der Waals surface area contributed by atoms with Gasteiger partial charge >= 0.3 is 0 Å². The van der Waals surface area contributed by atoms with E-state index in [0.29, 0.717) is 40.9 Å². The molecule has 0 aliphatic heterocycles. The van der Waals surface area contributed by atoms with Crippen molar-refractivity contribution in [1.29, 1.82) is 0 Å². The highest BCUT2D eigenvalue weighted by Crippen LogP contribution is 2.37. The number of fused-ring (bicyclic) bond motifs is 1. The van der Waals surface area contributed by atoms with Gasteiger partial charge in [-0.15, -0.1) is 10.2 Å². The minimum atomic E-state index is -3.65. The van der Waals surface area contributed by atoms with Gasteiger partial charge in [-0.25, -0.2) is 17.7 Å². The molecule has 1 aromatic carbocycles. The van der Waals surface area contributed by atoms with E-state index < -0.39 is 32.8 Å². The van der Waals surface area contributed by atoms with Crippen LogP contribution in [0.3, 0.4) is 0 Å². The van der Waals surface area contributed by atoms with Crippen LogP contribution in [0.1, 0.15) is 144 Å². The Hall–Kier alpha value is -3.16. The van der Waals surface area contributed by atoms with E-state index in [9.17, 15) is 18.0 Å². The Morgan fingerprint density at radius 3 is 2.11 bits per heavy atom. The number of nitrogens with zero attached hydrogens (tertiary/aromatic N) is 3. The lowest BCUT2D eigenvalue weighted by Gasteiger charge is -2.40. The van der Waals surface area contributed by atoms with Gasteiger partial charge in [0.2, 0.25) is 15.9 Å². The number of halogens is 1. The summed E-state index contributed by atoms with van der Waals surface area (Å²) in [7, 11) is -3.65. The number of nitrogens with one attached hydrogen (secondary N) is 4. The Kier molecular flexibility index (Phi) is 16.2. The summed E-state index contributed by atoms with van der Waals surface area (Å²) in [6.45, 7) is 18.0. The van der Waals surface area contributed by atoms with E-state index in [0.717, 1.165) is 25.0 Å². The van der Waals surface area contributed by atoms with Gasteiger partial charge in [0.15, 0.2) is 18.1 Å². The molecule has 2 amide bonds. The van der Waals surface area contributed by atoms with Gasteiger partial charge in [-0.2, -0.15) is 0 Å². The van der Waals surface area contributed by atoms with Crippen LogP contribution < -0.4 is 20.1 Å². The average Bonchev–Trinajstić information content (AvgIpc) is 3.66. The van der Waals surface area contributed by atoms with Gasteiger partial charge in [-0.3, -0.25) is 14.7 Å². The average molecular weight is 779 g/mol. The van der Waals surface area contributed by atoms with Gasteiger partial charge in [0, 0.05) is 22.9 Å². The summed E-state index contributed by atoms with van der Waals surface area (Å²) in [5.74, 6) is -0.995. The zero-order chi connectivity index (χ0) is 39.5. The van der Waals surface area contributed by atoms with Crippen LogP contribution >= 0.6 is 11.6 Å². The molecule has 0 bridgehead atoms. The summed E-state index contributed by atoms with van der Waals surface area (Å²) >= 11 is 6.66. The molecule has 3 aromatic rings. The molecule has 0 fully saturated rings. The number of carbonyl (C=O) groups is 2. The molecule has 0 saturated carbocycles. The molecule has 12 nitrogen and oxygen atoms in total. The third-order valence-electron chi connectivity index (χ3n) is 10.3. The molecule has 0 saturated heterocycles. The number of aromatic nitrogens is 4. The number of H-pyrrole nitrogens is 1. The molecule has 1 unspecified atom stereocenters. The number of ether oxygens (including phenoxy) is 1. The van der Waals surface area contributed by atoms with Crippen LogP contribution in [0, 0.1) is 5.92 Å². The first-order valence-corrected chi connectivity index (χ1v) is 21.3. The zero-order valence-corrected chi connectivity index (χ0v) is 35.0. The molecular weight excluding hydrogens is 714 g/mol. The predicted molar refractivity (Wildman–Crippen MR) is 214 cm³/mol. The number of rotatable bonds is 23. The summed E-state index contributed by atoms with van der Waals surface area (Å²) in [4.78, 5) is 26.6. The Balaban J connectivity index is 1.53. The molecular formula is C39H64ClN7O5S. The molecule has 53 heavy (non-hydrogen) atoms. The number of sulfonamides is 1. The first-order chi connectivity index (χ1) is 24.8. The van der Waals surface area contributed by atoms with E-state index in [1.807, 2.05) is 27.7 Å².